The van der Waals surface area contributed by atoms with Crippen LogP contribution in [0.15, 0.2) is 42.7 Å². The van der Waals surface area contributed by atoms with Crippen LogP contribution in [0, 0.1) is 6.92 Å². The molecule has 2 aromatic heterocycles. The summed E-state index contributed by atoms with van der Waals surface area (Å²) in [6.45, 7) is 4.70. The second-order valence-electron chi connectivity index (χ2n) is 7.15. The molecule has 0 bridgehead atoms. The Kier molecular flexibility index (Phi) is 6.37. The number of fused-ring (bicyclic) bond motifs is 4. The van der Waals surface area contributed by atoms with Crippen LogP contribution in [0.3, 0.4) is 0 Å². The maximum atomic E-state index is 13.2. The topological polar surface area (TPSA) is 86.8 Å². The zero-order valence-corrected chi connectivity index (χ0v) is 17.4. The van der Waals surface area contributed by atoms with E-state index in [1.807, 2.05) is 36.0 Å². The molecule has 0 aliphatic carbocycles. The summed E-state index contributed by atoms with van der Waals surface area (Å²) in [6.07, 6.45) is 4.07. The predicted octanol–water partition coefficient (Wildman–Crippen LogP) is -1.11. The van der Waals surface area contributed by atoms with E-state index in [1.54, 1.807) is 0 Å². The number of aromatic nitrogens is 2. The molecule has 0 unspecified atom stereocenters. The van der Waals surface area contributed by atoms with Gasteiger partial charge in [-0.3, -0.25) is 4.79 Å². The molecule has 7 heteroatoms. The summed E-state index contributed by atoms with van der Waals surface area (Å²) in [5.74, 6) is -0.0649. The highest BCUT2D eigenvalue weighted by atomic mass is 35.5. The number of nitrogens with zero attached hydrogens (tertiary/aromatic N) is 1. The molecule has 0 saturated heterocycles. The summed E-state index contributed by atoms with van der Waals surface area (Å²) in [5, 5.41) is 10.6. The number of aromatic amines is 1. The minimum absolute atomic E-state index is 0. The predicted molar refractivity (Wildman–Crippen MR) is 113 cm³/mol. The Morgan fingerprint density at radius 2 is 1.90 bits per heavy atom. The van der Waals surface area contributed by atoms with Gasteiger partial charge in [-0.1, -0.05) is 18.2 Å². The van der Waals surface area contributed by atoms with Gasteiger partial charge in [0.2, 0.25) is 0 Å². The Morgan fingerprint density at radius 1 is 1.10 bits per heavy atom. The molecule has 6 nitrogen and oxygen atoms in total. The number of carbonyl (C=O) groups is 1. The van der Waals surface area contributed by atoms with Crippen LogP contribution in [0.2, 0.25) is 0 Å². The Balaban J connectivity index is 0.00000240. The lowest BCUT2D eigenvalue weighted by Crippen LogP contribution is -3.00. The van der Waals surface area contributed by atoms with Crippen LogP contribution < -0.4 is 33.3 Å². The standard InChI is InChI=1S/C22H25N5O.ClH/c1-14-17-13-27(2)12-7-15(17)20(22(28)25-11-10-24-9-8-23)21-19(14)16-5-3-4-6-18(16)26-21;/h3-7,12-13,24H,8-11,23H2,1-2H3,(H,25,28);1H. The van der Waals surface area contributed by atoms with Crippen LogP contribution in [0.25, 0.3) is 32.6 Å². The molecule has 0 spiro atoms. The fraction of sp³-hybridized carbons (Fsp3) is 0.273. The number of para-hydroxylation sites is 1. The Labute approximate surface area is 175 Å². The quantitative estimate of drug-likeness (QED) is 0.240. The van der Waals surface area contributed by atoms with E-state index in [0.717, 1.165) is 39.1 Å². The summed E-state index contributed by atoms with van der Waals surface area (Å²) in [6, 6.07) is 10.2. The van der Waals surface area contributed by atoms with E-state index in [4.69, 9.17) is 5.73 Å². The van der Waals surface area contributed by atoms with E-state index in [1.165, 1.54) is 5.56 Å². The first-order valence-corrected chi connectivity index (χ1v) is 9.62. The van der Waals surface area contributed by atoms with Gasteiger partial charge in [0.1, 0.15) is 7.05 Å². The van der Waals surface area contributed by atoms with E-state index in [0.29, 0.717) is 25.2 Å². The van der Waals surface area contributed by atoms with Gasteiger partial charge in [0, 0.05) is 53.9 Å². The first kappa shape index (κ1) is 21.0. The number of hydrogen-bond acceptors (Lipinski definition) is 3. The van der Waals surface area contributed by atoms with Gasteiger partial charge in [-0.15, -0.1) is 0 Å². The zero-order valence-electron chi connectivity index (χ0n) is 16.7. The minimum Gasteiger partial charge on any atom is -1.00 e. The van der Waals surface area contributed by atoms with Crippen molar-refractivity contribution in [3.05, 3.63) is 53.9 Å². The third kappa shape index (κ3) is 3.79. The molecule has 5 N–H and O–H groups in total. The number of pyridine rings is 1. The molecular weight excluding hydrogens is 386 g/mol. The highest BCUT2D eigenvalue weighted by Gasteiger charge is 2.21. The molecule has 0 radical (unpaired) electrons. The molecule has 0 atom stereocenters. The highest BCUT2D eigenvalue weighted by Crippen LogP contribution is 2.36. The molecule has 1 amide bonds. The fourth-order valence-electron chi connectivity index (χ4n) is 3.92. The summed E-state index contributed by atoms with van der Waals surface area (Å²) < 4.78 is 2.02. The van der Waals surface area contributed by atoms with Gasteiger partial charge in [-0.2, -0.15) is 0 Å². The summed E-state index contributed by atoms with van der Waals surface area (Å²) in [5.41, 5.74) is 9.31. The lowest BCUT2D eigenvalue weighted by atomic mass is 9.95. The summed E-state index contributed by atoms with van der Waals surface area (Å²) >= 11 is 0. The minimum atomic E-state index is -0.0649. The van der Waals surface area contributed by atoms with E-state index >= 15 is 0 Å². The first-order valence-electron chi connectivity index (χ1n) is 9.62. The molecule has 0 saturated carbocycles. The van der Waals surface area contributed by atoms with Crippen molar-refractivity contribution in [2.75, 3.05) is 26.2 Å². The van der Waals surface area contributed by atoms with Gasteiger partial charge in [-0.05, 0) is 18.6 Å². The molecule has 0 aliphatic heterocycles. The largest absolute Gasteiger partial charge is 1.00 e. The van der Waals surface area contributed by atoms with Crippen LogP contribution >= 0.6 is 0 Å². The maximum Gasteiger partial charge on any atom is 0.254 e. The Bertz CT molecular complexity index is 1180. The lowest BCUT2D eigenvalue weighted by Gasteiger charge is -2.12. The summed E-state index contributed by atoms with van der Waals surface area (Å²) in [7, 11) is 2.00. The Hall–Kier alpha value is -2.67. The van der Waals surface area contributed by atoms with Crippen molar-refractivity contribution in [1.29, 1.82) is 0 Å². The third-order valence-corrected chi connectivity index (χ3v) is 5.24. The maximum absolute atomic E-state index is 13.2. The number of amides is 1. The van der Waals surface area contributed by atoms with Crippen molar-refractivity contribution in [2.45, 2.75) is 6.92 Å². The van der Waals surface area contributed by atoms with Gasteiger partial charge in [0.05, 0.1) is 16.5 Å². The summed E-state index contributed by atoms with van der Waals surface area (Å²) in [4.78, 5) is 16.7. The number of benzene rings is 2. The molecule has 29 heavy (non-hydrogen) atoms. The molecule has 0 aliphatic rings. The number of nitrogens with one attached hydrogen (secondary N) is 3. The van der Waals surface area contributed by atoms with Crippen molar-refractivity contribution in [3.63, 3.8) is 0 Å². The second kappa shape index (κ2) is 8.78. The average Bonchev–Trinajstić information content (AvgIpc) is 3.08. The lowest BCUT2D eigenvalue weighted by molar-refractivity contribution is -0.670. The van der Waals surface area contributed by atoms with Gasteiger partial charge in [0.15, 0.2) is 12.4 Å². The third-order valence-electron chi connectivity index (χ3n) is 5.24. The van der Waals surface area contributed by atoms with Crippen LogP contribution in [-0.4, -0.2) is 37.1 Å². The average molecular weight is 412 g/mol. The van der Waals surface area contributed by atoms with Crippen molar-refractivity contribution < 1.29 is 21.8 Å². The zero-order chi connectivity index (χ0) is 19.7. The van der Waals surface area contributed by atoms with Crippen molar-refractivity contribution >= 4 is 38.5 Å². The van der Waals surface area contributed by atoms with E-state index in [2.05, 4.69) is 40.9 Å². The highest BCUT2D eigenvalue weighted by molar-refractivity contribution is 6.24. The van der Waals surface area contributed by atoms with Gasteiger partial charge < -0.3 is 33.8 Å². The molecular formula is C22H26ClN5O. The van der Waals surface area contributed by atoms with E-state index < -0.39 is 0 Å². The number of rotatable bonds is 6. The fourth-order valence-corrected chi connectivity index (χ4v) is 3.92. The SMILES string of the molecule is Cc1c2c[n+](C)ccc2c(C(=O)NCCNCCN)c2[nH]c3ccccc3c12.[Cl-]. The molecule has 0 fully saturated rings. The molecule has 2 aromatic carbocycles. The van der Waals surface area contributed by atoms with Crippen molar-refractivity contribution in [3.8, 4) is 0 Å². The normalized spacial score (nSPS) is 11.1. The van der Waals surface area contributed by atoms with Crippen molar-refractivity contribution in [1.82, 2.24) is 15.6 Å². The van der Waals surface area contributed by atoms with E-state index in [9.17, 15) is 4.79 Å². The van der Waals surface area contributed by atoms with Crippen LogP contribution in [-0.2, 0) is 7.05 Å². The van der Waals surface area contributed by atoms with Gasteiger partial charge in [-0.25, -0.2) is 4.57 Å². The van der Waals surface area contributed by atoms with Gasteiger partial charge in [0.25, 0.3) is 5.91 Å². The van der Waals surface area contributed by atoms with Crippen LogP contribution in [0.5, 0.6) is 0 Å². The van der Waals surface area contributed by atoms with Crippen LogP contribution in [0.4, 0.5) is 0 Å². The number of halogens is 1. The van der Waals surface area contributed by atoms with Gasteiger partial charge >= 0.3 is 0 Å². The smallest absolute Gasteiger partial charge is 0.254 e. The monoisotopic (exact) mass is 411 g/mol. The molecule has 4 aromatic rings. The van der Waals surface area contributed by atoms with E-state index in [-0.39, 0.29) is 18.3 Å². The number of aryl methyl sites for hydroxylation is 2. The molecule has 4 rings (SSSR count). The van der Waals surface area contributed by atoms with Crippen molar-refractivity contribution in [2.24, 2.45) is 12.8 Å². The molecule has 2 heterocycles. The Morgan fingerprint density at radius 3 is 2.69 bits per heavy atom. The number of nitrogens with two attached hydrogens (primary N) is 1. The van der Waals surface area contributed by atoms with Crippen LogP contribution in [0.1, 0.15) is 15.9 Å². The number of H-pyrrole nitrogens is 1. The first-order chi connectivity index (χ1) is 13.6. The number of carbonyl (C=O) groups excluding carboxylic acids is 1. The second-order valence-corrected chi connectivity index (χ2v) is 7.15. The molecule has 152 valence electrons. The number of hydrogen-bond donors (Lipinski definition) is 4.